The molecule has 2 unspecified atom stereocenters. The van der Waals surface area contributed by atoms with Gasteiger partial charge in [-0.1, -0.05) is 20.8 Å². The van der Waals surface area contributed by atoms with Gasteiger partial charge in [0.2, 0.25) is 0 Å². The normalized spacial score (nSPS) is 15.9. The molecule has 0 radical (unpaired) electrons. The third kappa shape index (κ3) is 4.09. The molecule has 0 aliphatic rings. The Morgan fingerprint density at radius 3 is 2.07 bits per heavy atom. The lowest BCUT2D eigenvalue weighted by Gasteiger charge is -2.35. The highest BCUT2D eigenvalue weighted by Gasteiger charge is 2.23. The monoisotopic (exact) mass is 201 g/mol. The maximum Gasteiger partial charge on any atom is 0.317 e. The molecule has 3 heteroatoms. The molecule has 0 aliphatic carbocycles. The van der Waals surface area contributed by atoms with Crippen LogP contribution >= 0.6 is 0 Å². The van der Waals surface area contributed by atoms with Crippen molar-refractivity contribution < 1.29 is 9.90 Å². The topological polar surface area (TPSA) is 40.5 Å². The molecular formula is C11H23NO2. The first kappa shape index (κ1) is 13.4. The fraction of sp³-hybridized carbons (Fsp3) is 0.909. The predicted octanol–water partition coefficient (Wildman–Crippen LogP) is 2.22. The lowest BCUT2D eigenvalue weighted by atomic mass is 10.0. The van der Waals surface area contributed by atoms with Gasteiger partial charge in [-0.15, -0.1) is 0 Å². The Labute approximate surface area is 87.1 Å². The molecule has 0 aromatic heterocycles. The van der Waals surface area contributed by atoms with Gasteiger partial charge in [-0.3, -0.25) is 9.69 Å². The highest BCUT2D eigenvalue weighted by Crippen LogP contribution is 2.15. The van der Waals surface area contributed by atoms with E-state index in [0.29, 0.717) is 18.0 Å². The van der Waals surface area contributed by atoms with Crippen LogP contribution in [-0.2, 0) is 4.79 Å². The zero-order chi connectivity index (χ0) is 11.3. The maximum absolute atomic E-state index is 10.7. The number of aliphatic carboxylic acids is 1. The van der Waals surface area contributed by atoms with Crippen LogP contribution in [0.1, 0.15) is 41.0 Å². The second-order valence-corrected chi connectivity index (χ2v) is 4.31. The molecule has 0 aliphatic heterocycles. The second kappa shape index (κ2) is 6.02. The fourth-order valence-corrected chi connectivity index (χ4v) is 1.47. The van der Waals surface area contributed by atoms with Crippen LogP contribution in [0.15, 0.2) is 0 Å². The number of hydrogen-bond acceptors (Lipinski definition) is 2. The predicted molar refractivity (Wildman–Crippen MR) is 58.4 cm³/mol. The second-order valence-electron chi connectivity index (χ2n) is 4.31. The van der Waals surface area contributed by atoms with Gasteiger partial charge in [0.05, 0.1) is 6.54 Å². The van der Waals surface area contributed by atoms with Crippen molar-refractivity contribution in [3.8, 4) is 0 Å². The number of carboxylic acids is 1. The Kier molecular flexibility index (Phi) is 5.77. The van der Waals surface area contributed by atoms with E-state index in [0.717, 1.165) is 6.42 Å². The zero-order valence-electron chi connectivity index (χ0n) is 9.95. The summed E-state index contributed by atoms with van der Waals surface area (Å²) in [7, 11) is 0. The molecule has 0 spiro atoms. The summed E-state index contributed by atoms with van der Waals surface area (Å²) in [4.78, 5) is 12.8. The van der Waals surface area contributed by atoms with Crippen LogP contribution in [0.4, 0.5) is 0 Å². The average molecular weight is 201 g/mol. The first-order valence-electron chi connectivity index (χ1n) is 5.37. The van der Waals surface area contributed by atoms with Gasteiger partial charge in [-0.25, -0.2) is 0 Å². The smallest absolute Gasteiger partial charge is 0.317 e. The zero-order valence-corrected chi connectivity index (χ0v) is 9.95. The first-order valence-corrected chi connectivity index (χ1v) is 5.37. The third-order valence-corrected chi connectivity index (χ3v) is 2.96. The number of carboxylic acid groups (broad SMARTS) is 1. The van der Waals surface area contributed by atoms with Crippen LogP contribution in [0.3, 0.4) is 0 Å². The highest BCUT2D eigenvalue weighted by molar-refractivity contribution is 5.69. The molecule has 14 heavy (non-hydrogen) atoms. The van der Waals surface area contributed by atoms with E-state index in [1.165, 1.54) is 0 Å². The minimum Gasteiger partial charge on any atom is -0.480 e. The minimum atomic E-state index is -0.738. The quantitative estimate of drug-likeness (QED) is 0.716. The van der Waals surface area contributed by atoms with Crippen LogP contribution in [-0.4, -0.2) is 34.6 Å². The molecular weight excluding hydrogens is 178 g/mol. The molecule has 1 N–H and O–H groups in total. The van der Waals surface area contributed by atoms with Crippen LogP contribution in [0.2, 0.25) is 0 Å². The maximum atomic E-state index is 10.7. The molecule has 3 nitrogen and oxygen atoms in total. The summed E-state index contributed by atoms with van der Waals surface area (Å²) in [5.74, 6) is -0.249. The standard InChI is InChI=1S/C11H23NO2/c1-6-9(4)12(7-11(13)14)10(5)8(2)3/h8-10H,6-7H2,1-5H3,(H,13,14). The third-order valence-electron chi connectivity index (χ3n) is 2.96. The number of rotatable bonds is 6. The largest absolute Gasteiger partial charge is 0.480 e. The Hall–Kier alpha value is -0.570. The fourth-order valence-electron chi connectivity index (χ4n) is 1.47. The summed E-state index contributed by atoms with van der Waals surface area (Å²) in [6.07, 6.45) is 0.990. The highest BCUT2D eigenvalue weighted by atomic mass is 16.4. The summed E-state index contributed by atoms with van der Waals surface area (Å²) in [5.41, 5.74) is 0. The van der Waals surface area contributed by atoms with Gasteiger partial charge < -0.3 is 5.11 Å². The molecule has 0 aromatic rings. The molecule has 0 fully saturated rings. The van der Waals surface area contributed by atoms with E-state index < -0.39 is 5.97 Å². The molecule has 0 heterocycles. The van der Waals surface area contributed by atoms with Gasteiger partial charge in [0, 0.05) is 12.1 Å². The molecule has 0 rings (SSSR count). The summed E-state index contributed by atoms with van der Waals surface area (Å²) in [5, 5.41) is 8.82. The number of carbonyl (C=O) groups is 1. The summed E-state index contributed by atoms with van der Waals surface area (Å²) in [6, 6.07) is 0.657. The van der Waals surface area contributed by atoms with Gasteiger partial charge in [-0.05, 0) is 26.2 Å². The minimum absolute atomic E-state index is 0.147. The van der Waals surface area contributed by atoms with E-state index in [1.54, 1.807) is 0 Å². The van der Waals surface area contributed by atoms with Crippen LogP contribution in [0, 0.1) is 5.92 Å². The van der Waals surface area contributed by atoms with Crippen molar-refractivity contribution in [1.82, 2.24) is 4.90 Å². The van der Waals surface area contributed by atoms with Crippen molar-refractivity contribution in [3.05, 3.63) is 0 Å². The van der Waals surface area contributed by atoms with Crippen LogP contribution < -0.4 is 0 Å². The van der Waals surface area contributed by atoms with Crippen LogP contribution in [0.25, 0.3) is 0 Å². The Morgan fingerprint density at radius 1 is 1.29 bits per heavy atom. The van der Waals surface area contributed by atoms with Crippen molar-refractivity contribution >= 4 is 5.97 Å². The van der Waals surface area contributed by atoms with Gasteiger partial charge >= 0.3 is 5.97 Å². The molecule has 0 amide bonds. The molecule has 0 bridgehead atoms. The summed E-state index contributed by atoms with van der Waals surface area (Å²) >= 11 is 0. The van der Waals surface area contributed by atoms with Crippen LogP contribution in [0.5, 0.6) is 0 Å². The number of nitrogens with zero attached hydrogens (tertiary/aromatic N) is 1. The van der Waals surface area contributed by atoms with Crippen molar-refractivity contribution in [1.29, 1.82) is 0 Å². The van der Waals surface area contributed by atoms with Crippen molar-refractivity contribution in [2.45, 2.75) is 53.1 Å². The van der Waals surface area contributed by atoms with Crippen molar-refractivity contribution in [3.63, 3.8) is 0 Å². The molecule has 0 aromatic carbocycles. The summed E-state index contributed by atoms with van der Waals surface area (Å²) < 4.78 is 0. The van der Waals surface area contributed by atoms with Gasteiger partial charge in [-0.2, -0.15) is 0 Å². The summed E-state index contributed by atoms with van der Waals surface area (Å²) in [6.45, 7) is 10.7. The van der Waals surface area contributed by atoms with Gasteiger partial charge in [0.15, 0.2) is 0 Å². The van der Waals surface area contributed by atoms with E-state index >= 15 is 0 Å². The van der Waals surface area contributed by atoms with E-state index in [9.17, 15) is 4.79 Å². The van der Waals surface area contributed by atoms with Crippen molar-refractivity contribution in [2.75, 3.05) is 6.54 Å². The molecule has 0 saturated carbocycles. The molecule has 0 saturated heterocycles. The van der Waals surface area contributed by atoms with Gasteiger partial charge in [0.25, 0.3) is 0 Å². The average Bonchev–Trinajstić information content (AvgIpc) is 2.11. The SMILES string of the molecule is CCC(C)N(CC(=O)O)C(C)C(C)C. The first-order chi connectivity index (χ1) is 6.40. The van der Waals surface area contributed by atoms with Gasteiger partial charge in [0.1, 0.15) is 0 Å². The Balaban J connectivity index is 4.45. The lowest BCUT2D eigenvalue weighted by Crippen LogP contribution is -2.45. The number of hydrogen-bond donors (Lipinski definition) is 1. The molecule has 84 valence electrons. The van der Waals surface area contributed by atoms with E-state index in [1.807, 2.05) is 0 Å². The lowest BCUT2D eigenvalue weighted by molar-refractivity contribution is -0.139. The van der Waals surface area contributed by atoms with Crippen molar-refractivity contribution in [2.24, 2.45) is 5.92 Å². The van der Waals surface area contributed by atoms with E-state index in [2.05, 4.69) is 39.5 Å². The Morgan fingerprint density at radius 2 is 1.79 bits per heavy atom. The Bertz CT molecular complexity index is 180. The van der Waals surface area contributed by atoms with E-state index in [-0.39, 0.29) is 6.54 Å². The molecule has 2 atom stereocenters. The van der Waals surface area contributed by atoms with E-state index in [4.69, 9.17) is 5.11 Å².